The minimum atomic E-state index is -0.448. The Labute approximate surface area is 186 Å². The van der Waals surface area contributed by atoms with E-state index in [4.69, 9.17) is 0 Å². The molecule has 1 N–H and O–H groups in total. The van der Waals surface area contributed by atoms with Gasteiger partial charge in [-0.05, 0) is 60.9 Å². The number of carbonyl (C=O) groups excluding carboxylic acids is 1. The Morgan fingerprint density at radius 1 is 1.09 bits per heavy atom. The van der Waals surface area contributed by atoms with Gasteiger partial charge < -0.3 is 9.88 Å². The Kier molecular flexibility index (Phi) is 5.87. The molecule has 0 atom stereocenters. The summed E-state index contributed by atoms with van der Waals surface area (Å²) in [6.07, 6.45) is 3.53. The molecule has 3 aromatic carbocycles. The molecule has 0 radical (unpaired) electrons. The summed E-state index contributed by atoms with van der Waals surface area (Å²) >= 11 is 0. The number of nitrogens with zero attached hydrogens (tertiary/aromatic N) is 2. The van der Waals surface area contributed by atoms with Crippen molar-refractivity contribution in [3.05, 3.63) is 107 Å². The van der Waals surface area contributed by atoms with Crippen LogP contribution in [-0.4, -0.2) is 10.5 Å². The van der Waals surface area contributed by atoms with Crippen molar-refractivity contribution in [2.75, 3.05) is 5.32 Å². The standard InChI is InChI=1S/C27H22FN3O/c1-18-7-8-19(2)25(13-18)30-27(32)21(15-29)14-22-17-31(26-6-4-3-5-24(22)26)16-20-9-11-23(28)12-10-20/h3-14,17H,16H2,1-2H3,(H,30,32)/b21-14+. The van der Waals surface area contributed by atoms with Crippen LogP contribution in [0, 0.1) is 31.0 Å². The molecule has 4 aromatic rings. The van der Waals surface area contributed by atoms with Crippen LogP contribution in [0.5, 0.6) is 0 Å². The van der Waals surface area contributed by atoms with Gasteiger partial charge in [-0.3, -0.25) is 4.79 Å². The van der Waals surface area contributed by atoms with Gasteiger partial charge in [0.2, 0.25) is 0 Å². The number of fused-ring (bicyclic) bond motifs is 1. The van der Waals surface area contributed by atoms with Crippen molar-refractivity contribution in [3.63, 3.8) is 0 Å². The Hall–Kier alpha value is -4.17. The lowest BCUT2D eigenvalue weighted by atomic mass is 10.1. The van der Waals surface area contributed by atoms with E-state index in [2.05, 4.69) is 5.32 Å². The van der Waals surface area contributed by atoms with E-state index >= 15 is 0 Å². The normalized spacial score (nSPS) is 11.4. The topological polar surface area (TPSA) is 57.8 Å². The SMILES string of the molecule is Cc1ccc(C)c(NC(=O)/C(C#N)=C/c2cn(Cc3ccc(F)cc3)c3ccccc23)c1. The third kappa shape index (κ3) is 4.45. The van der Waals surface area contributed by atoms with Gasteiger partial charge in [0.25, 0.3) is 5.91 Å². The van der Waals surface area contributed by atoms with E-state index in [1.54, 1.807) is 18.2 Å². The van der Waals surface area contributed by atoms with Gasteiger partial charge in [-0.1, -0.05) is 42.5 Å². The minimum Gasteiger partial charge on any atom is -0.342 e. The molecular weight excluding hydrogens is 401 g/mol. The smallest absolute Gasteiger partial charge is 0.266 e. The quantitative estimate of drug-likeness (QED) is 0.317. The molecule has 32 heavy (non-hydrogen) atoms. The lowest BCUT2D eigenvalue weighted by molar-refractivity contribution is -0.112. The second kappa shape index (κ2) is 8.91. The maximum absolute atomic E-state index is 13.3. The maximum Gasteiger partial charge on any atom is 0.266 e. The summed E-state index contributed by atoms with van der Waals surface area (Å²) in [5.74, 6) is -0.722. The van der Waals surface area contributed by atoms with E-state index in [1.807, 2.05) is 73.1 Å². The second-order valence-corrected chi connectivity index (χ2v) is 7.80. The molecule has 0 aliphatic rings. The van der Waals surface area contributed by atoms with Crippen molar-refractivity contribution in [1.29, 1.82) is 5.26 Å². The number of amides is 1. The van der Waals surface area contributed by atoms with Gasteiger partial charge in [0.15, 0.2) is 0 Å². The molecule has 0 bridgehead atoms. The number of rotatable bonds is 5. The molecule has 1 amide bonds. The monoisotopic (exact) mass is 423 g/mol. The Balaban J connectivity index is 1.68. The molecule has 4 rings (SSSR count). The van der Waals surface area contributed by atoms with Crippen LogP contribution < -0.4 is 5.32 Å². The first-order valence-corrected chi connectivity index (χ1v) is 10.3. The van der Waals surface area contributed by atoms with E-state index in [0.29, 0.717) is 12.2 Å². The number of nitrogens with one attached hydrogen (secondary N) is 1. The summed E-state index contributed by atoms with van der Waals surface area (Å²) < 4.78 is 15.3. The van der Waals surface area contributed by atoms with Crippen molar-refractivity contribution < 1.29 is 9.18 Å². The number of para-hydroxylation sites is 1. The largest absolute Gasteiger partial charge is 0.342 e. The molecule has 0 spiro atoms. The van der Waals surface area contributed by atoms with Crippen LogP contribution in [0.25, 0.3) is 17.0 Å². The number of anilines is 1. The fourth-order valence-electron chi connectivity index (χ4n) is 3.67. The van der Waals surface area contributed by atoms with E-state index in [0.717, 1.165) is 33.2 Å². The van der Waals surface area contributed by atoms with Crippen molar-refractivity contribution in [2.24, 2.45) is 0 Å². The van der Waals surface area contributed by atoms with Crippen molar-refractivity contribution in [1.82, 2.24) is 4.57 Å². The van der Waals surface area contributed by atoms with Crippen LogP contribution in [-0.2, 0) is 11.3 Å². The Morgan fingerprint density at radius 2 is 1.84 bits per heavy atom. The average molecular weight is 423 g/mol. The van der Waals surface area contributed by atoms with Gasteiger partial charge in [-0.25, -0.2) is 4.39 Å². The minimum absolute atomic E-state index is 0.0237. The van der Waals surface area contributed by atoms with Gasteiger partial charge in [0, 0.05) is 34.9 Å². The van der Waals surface area contributed by atoms with Gasteiger partial charge in [0.05, 0.1) is 0 Å². The first kappa shape index (κ1) is 21.1. The molecule has 0 aliphatic carbocycles. The number of aryl methyl sites for hydroxylation is 2. The summed E-state index contributed by atoms with van der Waals surface area (Å²) in [6.45, 7) is 4.41. The number of nitriles is 1. The molecule has 0 aliphatic heterocycles. The van der Waals surface area contributed by atoms with Gasteiger partial charge >= 0.3 is 0 Å². The molecular formula is C27H22FN3O. The lowest BCUT2D eigenvalue weighted by Gasteiger charge is -2.08. The number of hydrogen-bond donors (Lipinski definition) is 1. The van der Waals surface area contributed by atoms with Gasteiger partial charge in [-0.2, -0.15) is 5.26 Å². The average Bonchev–Trinajstić information content (AvgIpc) is 3.13. The molecule has 0 saturated heterocycles. The molecule has 0 unspecified atom stereocenters. The zero-order chi connectivity index (χ0) is 22.7. The molecule has 4 nitrogen and oxygen atoms in total. The molecule has 1 heterocycles. The number of carbonyl (C=O) groups is 1. The summed E-state index contributed by atoms with van der Waals surface area (Å²) in [4.78, 5) is 12.8. The van der Waals surface area contributed by atoms with Crippen LogP contribution in [0.1, 0.15) is 22.3 Å². The Bertz CT molecular complexity index is 1370. The third-order valence-electron chi connectivity index (χ3n) is 5.39. The van der Waals surface area contributed by atoms with E-state index < -0.39 is 5.91 Å². The van der Waals surface area contributed by atoms with E-state index in [9.17, 15) is 14.4 Å². The predicted octanol–water partition coefficient (Wildman–Crippen LogP) is 5.99. The van der Waals surface area contributed by atoms with Crippen LogP contribution in [0.2, 0.25) is 0 Å². The molecule has 158 valence electrons. The first-order valence-electron chi connectivity index (χ1n) is 10.3. The van der Waals surface area contributed by atoms with Crippen LogP contribution in [0.4, 0.5) is 10.1 Å². The zero-order valence-corrected chi connectivity index (χ0v) is 17.9. The van der Waals surface area contributed by atoms with Crippen LogP contribution >= 0.6 is 0 Å². The number of hydrogen-bond acceptors (Lipinski definition) is 2. The predicted molar refractivity (Wildman–Crippen MR) is 126 cm³/mol. The highest BCUT2D eigenvalue weighted by molar-refractivity contribution is 6.11. The van der Waals surface area contributed by atoms with Gasteiger partial charge in [-0.15, -0.1) is 0 Å². The van der Waals surface area contributed by atoms with E-state index in [1.165, 1.54) is 12.1 Å². The van der Waals surface area contributed by atoms with Crippen molar-refractivity contribution >= 4 is 28.6 Å². The number of benzene rings is 3. The first-order chi connectivity index (χ1) is 15.4. The summed E-state index contributed by atoms with van der Waals surface area (Å²) in [6, 6.07) is 22.0. The highest BCUT2D eigenvalue weighted by atomic mass is 19.1. The Morgan fingerprint density at radius 3 is 2.59 bits per heavy atom. The van der Waals surface area contributed by atoms with Gasteiger partial charge in [0.1, 0.15) is 17.5 Å². The molecule has 5 heteroatoms. The summed E-state index contributed by atoms with van der Waals surface area (Å²) in [5, 5.41) is 13.5. The van der Waals surface area contributed by atoms with Crippen LogP contribution in [0.15, 0.2) is 78.5 Å². The van der Waals surface area contributed by atoms with E-state index in [-0.39, 0.29) is 11.4 Å². The summed E-state index contributed by atoms with van der Waals surface area (Å²) in [5.41, 5.74) is 5.36. The maximum atomic E-state index is 13.3. The molecule has 0 saturated carbocycles. The highest BCUT2D eigenvalue weighted by Crippen LogP contribution is 2.25. The molecule has 0 fully saturated rings. The van der Waals surface area contributed by atoms with Crippen molar-refractivity contribution in [3.8, 4) is 6.07 Å². The third-order valence-corrected chi connectivity index (χ3v) is 5.39. The fraction of sp³-hybridized carbons (Fsp3) is 0.111. The lowest BCUT2D eigenvalue weighted by Crippen LogP contribution is -2.14. The fourth-order valence-corrected chi connectivity index (χ4v) is 3.67. The summed E-state index contributed by atoms with van der Waals surface area (Å²) in [7, 11) is 0. The molecule has 1 aromatic heterocycles. The number of aromatic nitrogens is 1. The van der Waals surface area contributed by atoms with Crippen molar-refractivity contribution in [2.45, 2.75) is 20.4 Å². The number of halogens is 1. The zero-order valence-electron chi connectivity index (χ0n) is 17.9. The van der Waals surface area contributed by atoms with Crippen LogP contribution in [0.3, 0.4) is 0 Å². The second-order valence-electron chi connectivity index (χ2n) is 7.80. The highest BCUT2D eigenvalue weighted by Gasteiger charge is 2.14.